The van der Waals surface area contributed by atoms with Gasteiger partial charge in [-0.25, -0.2) is 0 Å². The van der Waals surface area contributed by atoms with Crippen molar-refractivity contribution in [1.82, 2.24) is 0 Å². The minimum absolute atomic E-state index is 0.0542. The molecule has 0 aliphatic carbocycles. The van der Waals surface area contributed by atoms with E-state index >= 15 is 0 Å². The van der Waals surface area contributed by atoms with Gasteiger partial charge in [0, 0.05) is 5.92 Å². The third-order valence-corrected chi connectivity index (χ3v) is 7.08. The van der Waals surface area contributed by atoms with Gasteiger partial charge in [-0.3, -0.25) is 0 Å². The molecule has 6 rings (SSSR count). The smallest absolute Gasteiger partial charge is 0.122 e. The van der Waals surface area contributed by atoms with E-state index in [1.165, 1.54) is 16.7 Å². The minimum Gasteiger partial charge on any atom is -0.491 e. The van der Waals surface area contributed by atoms with Crippen LogP contribution < -0.4 is 14.2 Å². The summed E-state index contributed by atoms with van der Waals surface area (Å²) in [7, 11) is 0. The second-order valence-electron chi connectivity index (χ2n) is 10.3. The van der Waals surface area contributed by atoms with Crippen molar-refractivity contribution in [3.8, 4) is 17.2 Å². The van der Waals surface area contributed by atoms with Crippen LogP contribution in [-0.4, -0.2) is 58.0 Å². The fourth-order valence-corrected chi connectivity index (χ4v) is 4.66. The second-order valence-corrected chi connectivity index (χ2v) is 10.3. The van der Waals surface area contributed by atoms with Crippen molar-refractivity contribution >= 4 is 0 Å². The van der Waals surface area contributed by atoms with Crippen molar-refractivity contribution in [2.45, 2.75) is 45.0 Å². The molecule has 3 saturated heterocycles. The lowest BCUT2D eigenvalue weighted by Crippen LogP contribution is -2.09. The van der Waals surface area contributed by atoms with Crippen molar-refractivity contribution in [1.29, 1.82) is 0 Å². The number of hydrogen-bond acceptors (Lipinski definition) is 6. The molecule has 3 aliphatic heterocycles. The largest absolute Gasteiger partial charge is 0.491 e. The highest BCUT2D eigenvalue weighted by molar-refractivity contribution is 5.51. The van der Waals surface area contributed by atoms with Gasteiger partial charge in [-0.15, -0.1) is 0 Å². The Bertz CT molecular complexity index is 1100. The first kappa shape index (κ1) is 24.3. The number of hydrogen-bond donors (Lipinski definition) is 0. The Hall–Kier alpha value is -3.06. The summed E-state index contributed by atoms with van der Waals surface area (Å²) in [6.07, 6.45) is 0.701. The van der Waals surface area contributed by atoms with E-state index < -0.39 is 0 Å². The molecule has 3 atom stereocenters. The minimum atomic E-state index is 0.0542. The van der Waals surface area contributed by atoms with Gasteiger partial charge in [0.1, 0.15) is 55.4 Å². The SMILES string of the molecule is Cc1cc(C(c2ccc(OCC3CO3)c(C)c2)c2ccc(OCC3CO3)c(C)c2)ccc1OCC1CO1. The topological polar surface area (TPSA) is 65.3 Å². The van der Waals surface area contributed by atoms with Crippen LogP contribution in [0.5, 0.6) is 17.2 Å². The summed E-state index contributed by atoms with van der Waals surface area (Å²) >= 11 is 0. The maximum Gasteiger partial charge on any atom is 0.122 e. The van der Waals surface area contributed by atoms with E-state index in [9.17, 15) is 0 Å². The summed E-state index contributed by atoms with van der Waals surface area (Å²) in [4.78, 5) is 0. The Labute approximate surface area is 218 Å². The number of aryl methyl sites for hydroxylation is 3. The molecule has 3 aromatic rings. The third kappa shape index (κ3) is 6.09. The summed E-state index contributed by atoms with van der Waals surface area (Å²) in [5.41, 5.74) is 6.99. The monoisotopic (exact) mass is 502 g/mol. The first-order valence-electron chi connectivity index (χ1n) is 13.1. The molecule has 3 aromatic carbocycles. The van der Waals surface area contributed by atoms with Crippen LogP contribution in [0.25, 0.3) is 0 Å². The predicted octanol–water partition coefficient (Wildman–Crippen LogP) is 5.12. The Morgan fingerprint density at radius 3 is 1.11 bits per heavy atom. The van der Waals surface area contributed by atoms with Crippen LogP contribution >= 0.6 is 0 Å². The van der Waals surface area contributed by atoms with Crippen LogP contribution in [0.2, 0.25) is 0 Å². The van der Waals surface area contributed by atoms with Gasteiger partial charge in [-0.2, -0.15) is 0 Å². The fraction of sp³-hybridized carbons (Fsp3) is 0.419. The van der Waals surface area contributed by atoms with Gasteiger partial charge in [-0.1, -0.05) is 36.4 Å². The lowest BCUT2D eigenvalue weighted by Gasteiger charge is -2.22. The zero-order chi connectivity index (χ0) is 25.4. The van der Waals surface area contributed by atoms with E-state index in [-0.39, 0.29) is 24.2 Å². The van der Waals surface area contributed by atoms with Crippen LogP contribution in [0.4, 0.5) is 0 Å². The molecule has 37 heavy (non-hydrogen) atoms. The molecule has 0 bridgehead atoms. The average Bonchev–Trinajstić information content (AvgIpc) is 3.74. The van der Waals surface area contributed by atoms with Crippen molar-refractivity contribution in [2.75, 3.05) is 39.6 Å². The second kappa shape index (κ2) is 10.4. The van der Waals surface area contributed by atoms with Gasteiger partial charge in [-0.05, 0) is 72.4 Å². The number of rotatable bonds is 12. The molecular weight excluding hydrogens is 468 g/mol. The standard InChI is InChI=1S/C31H34O6/c1-19-10-22(4-7-28(19)35-16-25-13-32-25)31(23-5-8-29(20(2)11-23)36-17-26-14-33-26)24-6-9-30(21(3)12-24)37-18-27-15-34-27/h4-12,25-27,31H,13-18H2,1-3H3. The summed E-state index contributed by atoms with van der Waals surface area (Å²) in [5.74, 6) is 2.77. The normalized spacial score (nSPS) is 22.3. The van der Waals surface area contributed by atoms with E-state index in [2.05, 4.69) is 75.4 Å². The van der Waals surface area contributed by atoms with Crippen LogP contribution in [0.1, 0.15) is 39.3 Å². The molecule has 194 valence electrons. The molecule has 0 N–H and O–H groups in total. The molecule has 0 spiro atoms. The lowest BCUT2D eigenvalue weighted by atomic mass is 9.83. The zero-order valence-electron chi connectivity index (χ0n) is 21.7. The summed E-state index contributed by atoms with van der Waals surface area (Å²) in [6.45, 7) is 10.5. The molecular formula is C31H34O6. The van der Waals surface area contributed by atoms with Crippen LogP contribution in [-0.2, 0) is 14.2 Å². The molecule has 0 saturated carbocycles. The van der Waals surface area contributed by atoms with E-state index in [1.807, 2.05) is 0 Å². The summed E-state index contributed by atoms with van der Waals surface area (Å²) in [6, 6.07) is 19.5. The van der Waals surface area contributed by atoms with Crippen molar-refractivity contribution in [3.63, 3.8) is 0 Å². The van der Waals surface area contributed by atoms with Gasteiger partial charge in [0.2, 0.25) is 0 Å². The maximum atomic E-state index is 6.00. The van der Waals surface area contributed by atoms with Gasteiger partial charge < -0.3 is 28.4 Å². The highest BCUT2D eigenvalue weighted by Gasteiger charge is 2.26. The highest BCUT2D eigenvalue weighted by atomic mass is 16.6. The van der Waals surface area contributed by atoms with E-state index in [0.717, 1.165) is 53.8 Å². The Morgan fingerprint density at radius 2 is 0.865 bits per heavy atom. The molecule has 6 heteroatoms. The van der Waals surface area contributed by atoms with Crippen molar-refractivity contribution in [2.24, 2.45) is 0 Å². The predicted molar refractivity (Wildman–Crippen MR) is 140 cm³/mol. The van der Waals surface area contributed by atoms with E-state index in [0.29, 0.717) is 19.8 Å². The van der Waals surface area contributed by atoms with Gasteiger partial charge >= 0.3 is 0 Å². The third-order valence-electron chi connectivity index (χ3n) is 7.08. The molecule has 3 fully saturated rings. The first-order valence-corrected chi connectivity index (χ1v) is 13.1. The number of benzene rings is 3. The summed E-state index contributed by atoms with van der Waals surface area (Å²) in [5, 5.41) is 0. The molecule has 3 unspecified atom stereocenters. The Morgan fingerprint density at radius 1 is 0.568 bits per heavy atom. The van der Waals surface area contributed by atoms with Crippen LogP contribution in [0.3, 0.4) is 0 Å². The molecule has 0 radical (unpaired) electrons. The van der Waals surface area contributed by atoms with Crippen LogP contribution in [0, 0.1) is 20.8 Å². The van der Waals surface area contributed by atoms with Crippen LogP contribution in [0.15, 0.2) is 54.6 Å². The molecule has 0 aromatic heterocycles. The van der Waals surface area contributed by atoms with E-state index in [4.69, 9.17) is 28.4 Å². The maximum absolute atomic E-state index is 6.00. The first-order chi connectivity index (χ1) is 18.0. The Kier molecular flexibility index (Phi) is 6.80. The number of ether oxygens (including phenoxy) is 6. The van der Waals surface area contributed by atoms with Gasteiger partial charge in [0.15, 0.2) is 0 Å². The fourth-order valence-electron chi connectivity index (χ4n) is 4.66. The highest BCUT2D eigenvalue weighted by Crippen LogP contribution is 2.38. The molecule has 6 nitrogen and oxygen atoms in total. The van der Waals surface area contributed by atoms with Crippen molar-refractivity contribution < 1.29 is 28.4 Å². The van der Waals surface area contributed by atoms with Gasteiger partial charge in [0.25, 0.3) is 0 Å². The van der Waals surface area contributed by atoms with Crippen molar-refractivity contribution in [3.05, 3.63) is 88.0 Å². The average molecular weight is 503 g/mol. The Balaban J connectivity index is 1.30. The molecule has 3 heterocycles. The lowest BCUT2D eigenvalue weighted by molar-refractivity contribution is 0.261. The molecule has 3 aliphatic rings. The number of epoxide rings is 3. The van der Waals surface area contributed by atoms with E-state index in [1.54, 1.807) is 0 Å². The summed E-state index contributed by atoms with van der Waals surface area (Å²) < 4.78 is 33.9. The quantitative estimate of drug-likeness (QED) is 0.253. The molecule has 0 amide bonds. The van der Waals surface area contributed by atoms with Gasteiger partial charge in [0.05, 0.1) is 19.8 Å². The zero-order valence-corrected chi connectivity index (χ0v) is 21.7.